The van der Waals surface area contributed by atoms with E-state index in [1.165, 1.54) is 18.2 Å². The maximum Gasteiger partial charge on any atom is 1.00 e. The summed E-state index contributed by atoms with van der Waals surface area (Å²) in [5.41, 5.74) is 0.113. The quantitative estimate of drug-likeness (QED) is 0.196. The van der Waals surface area contributed by atoms with E-state index >= 15 is 0 Å². The first kappa shape index (κ1) is 19.5. The summed E-state index contributed by atoms with van der Waals surface area (Å²) in [5.74, 6) is -3.16. The van der Waals surface area contributed by atoms with Crippen LogP contribution in [0.25, 0.3) is 0 Å². The van der Waals surface area contributed by atoms with Crippen LogP contribution in [0.1, 0.15) is 5.56 Å². The summed E-state index contributed by atoms with van der Waals surface area (Å²) < 4.78 is 4.44. The third-order valence-corrected chi connectivity index (χ3v) is 1.38. The monoisotopic (exact) mass is 259 g/mol. The number of benzene rings is 1. The van der Waals surface area contributed by atoms with Gasteiger partial charge in [0.2, 0.25) is 0 Å². The van der Waals surface area contributed by atoms with E-state index in [0.29, 0.717) is 0 Å². The van der Waals surface area contributed by atoms with Crippen molar-refractivity contribution in [1.29, 1.82) is 5.26 Å². The van der Waals surface area contributed by atoms with E-state index in [9.17, 15) is 9.59 Å². The normalized spacial score (nSPS) is 7.89. The predicted octanol–water partition coefficient (Wildman–Crippen LogP) is -5.13. The van der Waals surface area contributed by atoms with Gasteiger partial charge < -0.3 is 24.9 Å². The zero-order valence-electron chi connectivity index (χ0n) is 9.81. The van der Waals surface area contributed by atoms with E-state index in [1.807, 2.05) is 0 Å². The minimum Gasteiger partial charge on any atom is -0.832 e. The van der Waals surface area contributed by atoms with Gasteiger partial charge in [-0.25, -0.2) is 9.59 Å². The Kier molecular flexibility index (Phi) is 10.4. The molecule has 3 N–H and O–H groups in total. The molecule has 19 heavy (non-hydrogen) atoms. The van der Waals surface area contributed by atoms with Crippen molar-refractivity contribution in [2.24, 2.45) is 0 Å². The van der Waals surface area contributed by atoms with Gasteiger partial charge in [-0.15, -0.1) is 0 Å². The van der Waals surface area contributed by atoms with Gasteiger partial charge in [-0.1, -0.05) is 12.1 Å². The Balaban J connectivity index is 0. The van der Waals surface area contributed by atoms with Crippen LogP contribution in [0.3, 0.4) is 0 Å². The van der Waals surface area contributed by atoms with E-state index in [1.54, 1.807) is 12.1 Å². The second-order valence-corrected chi connectivity index (χ2v) is 2.63. The Bertz CT molecular complexity index is 471. The van der Waals surface area contributed by atoms with Crippen LogP contribution < -0.4 is 28.6 Å². The number of carboxylic acid groups (broad SMARTS) is 1. The molecule has 0 aliphatic heterocycles. The molecule has 0 aliphatic carbocycles. The zero-order chi connectivity index (χ0) is 14.1. The van der Waals surface area contributed by atoms with E-state index in [-0.39, 0.29) is 30.2 Å². The van der Waals surface area contributed by atoms with E-state index in [2.05, 4.69) is 4.74 Å². The number of rotatable bonds is 1. The van der Waals surface area contributed by atoms with Crippen LogP contribution in [-0.4, -0.2) is 34.4 Å². The van der Waals surface area contributed by atoms with Crippen LogP contribution in [0.4, 0.5) is 0 Å². The van der Waals surface area contributed by atoms with Crippen LogP contribution in [0, 0.1) is 11.3 Å². The molecular weight excluding hydrogens is 252 g/mol. The average molecular weight is 259 g/mol. The van der Waals surface area contributed by atoms with Gasteiger partial charge in [0, 0.05) is 0 Å². The number of nitriles is 1. The van der Waals surface area contributed by atoms with E-state index in [4.69, 9.17) is 25.4 Å². The standard InChI is InChI=1S/C9H5NO4.BH2O3.Li/c10-5-6-3-1-2-4-7(6)14-9(13)8(11)12;2-1(3)4;/h1-4H,(H,11,12);2-3H;/q;-1;+1. The number of hydrogen-bond donors (Lipinski definition) is 3. The van der Waals surface area contributed by atoms with Crippen molar-refractivity contribution in [3.8, 4) is 11.8 Å². The molecule has 1 aromatic carbocycles. The van der Waals surface area contributed by atoms with Gasteiger partial charge in [0.05, 0.1) is 5.56 Å². The first-order chi connectivity index (χ1) is 8.38. The molecule has 0 aliphatic rings. The van der Waals surface area contributed by atoms with Crippen LogP contribution in [-0.2, 0) is 9.59 Å². The van der Waals surface area contributed by atoms with Gasteiger partial charge in [0.15, 0.2) is 0 Å². The number of ether oxygens (including phenoxy) is 1. The maximum absolute atomic E-state index is 10.6. The third kappa shape index (κ3) is 8.85. The van der Waals surface area contributed by atoms with Gasteiger partial charge in [0.25, 0.3) is 0 Å². The topological polar surface area (TPSA) is 151 Å². The SMILES string of the molecule is N#Cc1ccccc1OC(=O)C(=O)O.[Li+].[O-]B(O)O. The molecule has 0 fully saturated rings. The predicted molar refractivity (Wildman–Crippen MR) is 54.6 cm³/mol. The van der Waals surface area contributed by atoms with Gasteiger partial charge in [-0.3, -0.25) is 0 Å². The zero-order valence-corrected chi connectivity index (χ0v) is 9.81. The summed E-state index contributed by atoms with van der Waals surface area (Å²) in [6, 6.07) is 7.65. The number of carbonyl (C=O) groups excluding carboxylic acids is 1. The van der Waals surface area contributed by atoms with Crippen LogP contribution in [0.2, 0.25) is 0 Å². The summed E-state index contributed by atoms with van der Waals surface area (Å²) in [6.45, 7) is 0. The number of esters is 1. The summed E-state index contributed by atoms with van der Waals surface area (Å²) >= 11 is 0. The molecule has 0 amide bonds. The maximum atomic E-state index is 10.6. The molecule has 1 aromatic rings. The molecule has 94 valence electrons. The Morgan fingerprint density at radius 1 is 1.32 bits per heavy atom. The number of para-hydroxylation sites is 1. The summed E-state index contributed by atoms with van der Waals surface area (Å²) in [5, 5.41) is 39.6. The fourth-order valence-corrected chi connectivity index (χ4v) is 0.792. The van der Waals surface area contributed by atoms with Crippen molar-refractivity contribution in [1.82, 2.24) is 0 Å². The number of carbonyl (C=O) groups is 2. The number of nitrogens with zero attached hydrogens (tertiary/aromatic N) is 1. The van der Waals surface area contributed by atoms with E-state index < -0.39 is 19.3 Å². The van der Waals surface area contributed by atoms with Crippen molar-refractivity contribution >= 4 is 19.3 Å². The van der Waals surface area contributed by atoms with Crippen molar-refractivity contribution in [3.63, 3.8) is 0 Å². The largest absolute Gasteiger partial charge is 1.00 e. The van der Waals surface area contributed by atoms with Crippen molar-refractivity contribution in [2.45, 2.75) is 0 Å². The second kappa shape index (κ2) is 10.1. The molecule has 0 aromatic heterocycles. The fourth-order valence-electron chi connectivity index (χ4n) is 0.792. The third-order valence-electron chi connectivity index (χ3n) is 1.38. The van der Waals surface area contributed by atoms with Gasteiger partial charge >= 0.3 is 38.1 Å². The molecule has 0 saturated carbocycles. The molecule has 0 bridgehead atoms. The van der Waals surface area contributed by atoms with Crippen molar-refractivity contribution < 1.29 is 53.4 Å². The Morgan fingerprint density at radius 3 is 2.21 bits per heavy atom. The van der Waals surface area contributed by atoms with Crippen LogP contribution in [0.15, 0.2) is 24.3 Å². The van der Waals surface area contributed by atoms with Gasteiger partial charge in [0.1, 0.15) is 11.8 Å². The minimum atomic E-state index is -2.42. The Labute approximate surface area is 120 Å². The summed E-state index contributed by atoms with van der Waals surface area (Å²) in [4.78, 5) is 20.8. The molecule has 8 nitrogen and oxygen atoms in total. The molecular formula is C9H7BLiNO7. The van der Waals surface area contributed by atoms with Gasteiger partial charge in [-0.05, 0) is 12.1 Å². The first-order valence-corrected chi connectivity index (χ1v) is 4.34. The first-order valence-electron chi connectivity index (χ1n) is 4.34. The molecule has 10 heteroatoms. The summed E-state index contributed by atoms with van der Waals surface area (Å²) in [6.07, 6.45) is 0. The summed E-state index contributed by atoms with van der Waals surface area (Å²) in [7, 11) is -2.42. The molecule has 0 unspecified atom stereocenters. The number of hydrogen-bond acceptors (Lipinski definition) is 7. The molecule has 0 saturated heterocycles. The van der Waals surface area contributed by atoms with Crippen LogP contribution in [0.5, 0.6) is 5.75 Å². The molecule has 1 rings (SSSR count). The Morgan fingerprint density at radius 2 is 1.79 bits per heavy atom. The van der Waals surface area contributed by atoms with Crippen molar-refractivity contribution in [3.05, 3.63) is 29.8 Å². The molecule has 0 atom stereocenters. The Hall–Kier alpha value is -1.81. The van der Waals surface area contributed by atoms with E-state index in [0.717, 1.165) is 0 Å². The van der Waals surface area contributed by atoms with Gasteiger partial charge in [-0.2, -0.15) is 5.26 Å². The van der Waals surface area contributed by atoms with Crippen LogP contribution >= 0.6 is 0 Å². The fraction of sp³-hybridized carbons (Fsp3) is 0. The second-order valence-electron chi connectivity index (χ2n) is 2.63. The molecule has 0 radical (unpaired) electrons. The van der Waals surface area contributed by atoms with Crippen molar-refractivity contribution in [2.75, 3.05) is 0 Å². The average Bonchev–Trinajstić information content (AvgIpc) is 2.28. The number of carboxylic acids is 1. The molecule has 0 heterocycles. The molecule has 0 spiro atoms. The minimum absolute atomic E-state index is 0. The number of aliphatic carboxylic acids is 1. The smallest absolute Gasteiger partial charge is 0.832 e.